The molecule has 2 aromatic rings. The number of ether oxygens (including phenoxy) is 1. The summed E-state index contributed by atoms with van der Waals surface area (Å²) in [5, 5.41) is 6.76. The molecule has 1 aromatic heterocycles. The lowest BCUT2D eigenvalue weighted by Crippen LogP contribution is -2.34. The van der Waals surface area contributed by atoms with Crippen LogP contribution in [0.2, 0.25) is 0 Å². The van der Waals surface area contributed by atoms with Gasteiger partial charge in [-0.15, -0.1) is 11.8 Å². The smallest absolute Gasteiger partial charge is 0.319 e. The molecule has 2 unspecified atom stereocenters. The number of anilines is 1. The van der Waals surface area contributed by atoms with E-state index in [9.17, 15) is 4.79 Å². The molecule has 150 valence electrons. The fraction of sp³-hybridized carbons (Fsp3) is 0.455. The van der Waals surface area contributed by atoms with Crippen molar-refractivity contribution in [3.8, 4) is 0 Å². The van der Waals surface area contributed by atoms with Crippen LogP contribution in [0.25, 0.3) is 0 Å². The average molecular weight is 400 g/mol. The molecule has 1 fully saturated rings. The number of hydrogen-bond acceptors (Lipinski definition) is 4. The number of pyridine rings is 1. The first kappa shape index (κ1) is 20.7. The summed E-state index contributed by atoms with van der Waals surface area (Å²) < 4.78 is 5.94. The third-order valence-electron chi connectivity index (χ3n) is 4.96. The predicted octanol–water partition coefficient (Wildman–Crippen LogP) is 5.09. The number of amides is 2. The van der Waals surface area contributed by atoms with E-state index >= 15 is 0 Å². The quantitative estimate of drug-likeness (QED) is 0.479. The highest BCUT2D eigenvalue weighted by Gasteiger charge is 2.21. The van der Waals surface area contributed by atoms with Crippen LogP contribution in [0.3, 0.4) is 0 Å². The Morgan fingerprint density at radius 1 is 1.21 bits per heavy atom. The summed E-state index contributed by atoms with van der Waals surface area (Å²) in [7, 11) is 0. The fourth-order valence-electron chi connectivity index (χ4n) is 3.41. The van der Waals surface area contributed by atoms with Gasteiger partial charge in [0, 0.05) is 24.2 Å². The summed E-state index contributed by atoms with van der Waals surface area (Å²) in [4.78, 5) is 16.4. The maximum Gasteiger partial charge on any atom is 0.319 e. The summed E-state index contributed by atoms with van der Waals surface area (Å²) in [5.41, 5.74) is 1.93. The Morgan fingerprint density at radius 3 is 2.93 bits per heavy atom. The molecule has 2 N–H and O–H groups in total. The van der Waals surface area contributed by atoms with Gasteiger partial charge >= 0.3 is 6.03 Å². The van der Waals surface area contributed by atoms with Gasteiger partial charge in [0.05, 0.1) is 17.7 Å². The number of thioether (sulfide) groups is 1. The van der Waals surface area contributed by atoms with Gasteiger partial charge in [-0.1, -0.05) is 38.0 Å². The number of rotatable bonds is 8. The Kier molecular flexibility index (Phi) is 8.18. The summed E-state index contributed by atoms with van der Waals surface area (Å²) in [6.07, 6.45) is 7.07. The second-order valence-corrected chi connectivity index (χ2v) is 8.20. The van der Waals surface area contributed by atoms with Crippen molar-refractivity contribution in [2.45, 2.75) is 49.5 Å². The molecule has 0 bridgehead atoms. The average Bonchev–Trinajstić information content (AvgIpc) is 2.72. The van der Waals surface area contributed by atoms with Crippen molar-refractivity contribution < 1.29 is 9.53 Å². The number of nitrogens with one attached hydrogen (secondary N) is 2. The molecule has 0 aliphatic heterocycles. The second kappa shape index (κ2) is 11.1. The van der Waals surface area contributed by atoms with Gasteiger partial charge in [-0.3, -0.25) is 0 Å². The lowest BCUT2D eigenvalue weighted by atomic mass is 9.88. The maximum absolute atomic E-state index is 12.1. The molecule has 2 atom stereocenters. The van der Waals surface area contributed by atoms with Crippen molar-refractivity contribution in [1.82, 2.24) is 10.3 Å². The van der Waals surface area contributed by atoms with Gasteiger partial charge in [0.25, 0.3) is 0 Å². The SMILES string of the molecule is CC1CCCCC1OCCNC(=O)Nc1cccc(CSc2ccccn2)c1. The van der Waals surface area contributed by atoms with Crippen molar-refractivity contribution in [3.05, 3.63) is 54.2 Å². The molecule has 1 aliphatic rings. The molecule has 0 saturated heterocycles. The van der Waals surface area contributed by atoms with Crippen LogP contribution in [-0.4, -0.2) is 30.3 Å². The number of urea groups is 1. The van der Waals surface area contributed by atoms with Gasteiger partial charge in [0.2, 0.25) is 0 Å². The van der Waals surface area contributed by atoms with E-state index in [2.05, 4.69) is 28.6 Å². The molecule has 1 aromatic carbocycles. The van der Waals surface area contributed by atoms with Crippen LogP contribution in [0.15, 0.2) is 53.7 Å². The van der Waals surface area contributed by atoms with Crippen molar-refractivity contribution in [1.29, 1.82) is 0 Å². The van der Waals surface area contributed by atoms with Crippen LogP contribution in [0, 0.1) is 5.92 Å². The number of nitrogens with zero attached hydrogens (tertiary/aromatic N) is 1. The van der Waals surface area contributed by atoms with Crippen LogP contribution in [0.1, 0.15) is 38.2 Å². The molecule has 1 heterocycles. The minimum absolute atomic E-state index is 0.199. The van der Waals surface area contributed by atoms with Crippen molar-refractivity contribution >= 4 is 23.5 Å². The second-order valence-electron chi connectivity index (χ2n) is 7.21. The molecule has 6 heteroatoms. The number of hydrogen-bond donors (Lipinski definition) is 2. The largest absolute Gasteiger partial charge is 0.376 e. The van der Waals surface area contributed by atoms with E-state index in [-0.39, 0.29) is 6.03 Å². The highest BCUT2D eigenvalue weighted by Crippen LogP contribution is 2.26. The zero-order valence-corrected chi connectivity index (χ0v) is 17.2. The molecule has 1 aliphatic carbocycles. The van der Waals surface area contributed by atoms with E-state index in [0.29, 0.717) is 25.2 Å². The zero-order chi connectivity index (χ0) is 19.6. The molecule has 5 nitrogen and oxygen atoms in total. The van der Waals surface area contributed by atoms with Gasteiger partial charge in [0.15, 0.2) is 0 Å². The topological polar surface area (TPSA) is 63.2 Å². The van der Waals surface area contributed by atoms with Crippen LogP contribution in [0.4, 0.5) is 10.5 Å². The lowest BCUT2D eigenvalue weighted by molar-refractivity contribution is -0.00232. The molecule has 1 saturated carbocycles. The first-order valence-corrected chi connectivity index (χ1v) is 11.0. The number of carbonyl (C=O) groups is 1. The number of benzene rings is 1. The third kappa shape index (κ3) is 6.84. The Bertz CT molecular complexity index is 742. The number of carbonyl (C=O) groups excluding carboxylic acids is 1. The van der Waals surface area contributed by atoms with Gasteiger partial charge < -0.3 is 15.4 Å². The van der Waals surface area contributed by atoms with Crippen molar-refractivity contribution in [3.63, 3.8) is 0 Å². The normalized spacial score (nSPS) is 19.2. The Hall–Kier alpha value is -2.05. The lowest BCUT2D eigenvalue weighted by Gasteiger charge is -2.28. The minimum Gasteiger partial charge on any atom is -0.376 e. The standard InChI is InChI=1S/C22H29N3O2S/c1-17-7-2-3-10-20(17)27-14-13-24-22(26)25-19-9-6-8-18(15-19)16-28-21-11-4-5-12-23-21/h4-6,8-9,11-12,15,17,20H,2-3,7,10,13-14,16H2,1H3,(H2,24,25,26). The van der Waals surface area contributed by atoms with E-state index in [0.717, 1.165) is 28.5 Å². The first-order valence-electron chi connectivity index (χ1n) is 10.00. The summed E-state index contributed by atoms with van der Waals surface area (Å²) in [6.45, 7) is 3.33. The minimum atomic E-state index is -0.199. The molecule has 2 amide bonds. The Balaban J connectivity index is 1.37. The predicted molar refractivity (Wildman–Crippen MR) is 115 cm³/mol. The van der Waals surface area contributed by atoms with Crippen molar-refractivity contribution in [2.24, 2.45) is 5.92 Å². The molecule has 0 spiro atoms. The molecule has 28 heavy (non-hydrogen) atoms. The van der Waals surface area contributed by atoms with E-state index in [1.165, 1.54) is 19.3 Å². The number of aromatic nitrogens is 1. The van der Waals surface area contributed by atoms with Gasteiger partial charge in [0.1, 0.15) is 0 Å². The third-order valence-corrected chi connectivity index (χ3v) is 5.98. The zero-order valence-electron chi connectivity index (χ0n) is 16.4. The Labute approximate surface area is 171 Å². The van der Waals surface area contributed by atoms with E-state index in [4.69, 9.17) is 4.74 Å². The Morgan fingerprint density at radius 2 is 2.11 bits per heavy atom. The molecule has 0 radical (unpaired) electrons. The van der Waals surface area contributed by atoms with Crippen LogP contribution >= 0.6 is 11.8 Å². The van der Waals surface area contributed by atoms with Crippen LogP contribution in [-0.2, 0) is 10.5 Å². The highest BCUT2D eigenvalue weighted by molar-refractivity contribution is 7.98. The van der Waals surface area contributed by atoms with Crippen molar-refractivity contribution in [2.75, 3.05) is 18.5 Å². The molecular weight excluding hydrogens is 370 g/mol. The van der Waals surface area contributed by atoms with Gasteiger partial charge in [-0.05, 0) is 48.6 Å². The van der Waals surface area contributed by atoms with Gasteiger partial charge in [-0.2, -0.15) is 0 Å². The molecule has 3 rings (SSSR count). The monoisotopic (exact) mass is 399 g/mol. The highest BCUT2D eigenvalue weighted by atomic mass is 32.2. The fourth-order valence-corrected chi connectivity index (χ4v) is 4.21. The van der Waals surface area contributed by atoms with Crippen LogP contribution < -0.4 is 10.6 Å². The summed E-state index contributed by atoms with van der Waals surface area (Å²) in [5.74, 6) is 1.43. The summed E-state index contributed by atoms with van der Waals surface area (Å²) in [6, 6.07) is 13.6. The van der Waals surface area contributed by atoms with E-state index in [1.807, 2.05) is 36.4 Å². The maximum atomic E-state index is 12.1. The van der Waals surface area contributed by atoms with Crippen LogP contribution in [0.5, 0.6) is 0 Å². The summed E-state index contributed by atoms with van der Waals surface area (Å²) >= 11 is 1.68. The van der Waals surface area contributed by atoms with E-state index in [1.54, 1.807) is 18.0 Å². The molecular formula is C22H29N3O2S. The van der Waals surface area contributed by atoms with E-state index < -0.39 is 0 Å². The van der Waals surface area contributed by atoms with Gasteiger partial charge in [-0.25, -0.2) is 9.78 Å². The first-order chi connectivity index (χ1) is 13.7.